The first-order chi connectivity index (χ1) is 8.24. The van der Waals surface area contributed by atoms with Crippen LogP contribution in [0.1, 0.15) is 23.1 Å². The minimum atomic E-state index is -0.168. The highest BCUT2D eigenvalue weighted by molar-refractivity contribution is 5.34. The highest BCUT2D eigenvalue weighted by atomic mass is 16.5. The molecule has 0 aliphatic rings. The Balaban J connectivity index is 2.34. The van der Waals surface area contributed by atoms with Gasteiger partial charge in [0.25, 0.3) is 0 Å². The summed E-state index contributed by atoms with van der Waals surface area (Å²) in [5.74, 6) is 8.04. The molecule has 1 atom stereocenters. The second kappa shape index (κ2) is 5.03. The van der Waals surface area contributed by atoms with E-state index in [9.17, 15) is 0 Å². The summed E-state index contributed by atoms with van der Waals surface area (Å²) in [7, 11) is 1.64. The van der Waals surface area contributed by atoms with E-state index in [1.54, 1.807) is 7.11 Å². The number of hydrazine groups is 1. The molecule has 0 bridgehead atoms. The number of furan rings is 1. The van der Waals surface area contributed by atoms with Crippen LogP contribution in [-0.2, 0) is 0 Å². The molecule has 4 nitrogen and oxygen atoms in total. The molecular weight excluding hydrogens is 216 g/mol. The van der Waals surface area contributed by atoms with Crippen LogP contribution < -0.4 is 16.0 Å². The number of ether oxygens (including phenoxy) is 1. The van der Waals surface area contributed by atoms with Crippen molar-refractivity contribution in [3.05, 3.63) is 53.5 Å². The number of aryl methyl sites for hydroxylation is 1. The van der Waals surface area contributed by atoms with Crippen LogP contribution in [0.5, 0.6) is 5.75 Å². The Hall–Kier alpha value is -1.78. The van der Waals surface area contributed by atoms with Crippen molar-refractivity contribution in [1.29, 1.82) is 0 Å². The number of hydrogen-bond donors (Lipinski definition) is 2. The van der Waals surface area contributed by atoms with E-state index in [0.717, 1.165) is 22.8 Å². The van der Waals surface area contributed by atoms with Crippen molar-refractivity contribution in [2.24, 2.45) is 5.84 Å². The third kappa shape index (κ3) is 2.49. The van der Waals surface area contributed by atoms with Crippen LogP contribution in [0.15, 0.2) is 40.8 Å². The molecule has 2 aromatic rings. The smallest absolute Gasteiger partial charge is 0.126 e. The largest absolute Gasteiger partial charge is 0.497 e. The molecule has 3 N–H and O–H groups in total. The maximum Gasteiger partial charge on any atom is 0.126 e. The van der Waals surface area contributed by atoms with Crippen molar-refractivity contribution in [3.8, 4) is 5.75 Å². The van der Waals surface area contributed by atoms with Gasteiger partial charge in [-0.2, -0.15) is 0 Å². The number of rotatable bonds is 4. The molecule has 0 saturated heterocycles. The number of nitrogens with one attached hydrogen (secondary N) is 1. The molecular formula is C13H16N2O2. The molecule has 4 heteroatoms. The monoisotopic (exact) mass is 232 g/mol. The Morgan fingerprint density at radius 2 is 2.12 bits per heavy atom. The van der Waals surface area contributed by atoms with Gasteiger partial charge in [-0.05, 0) is 36.8 Å². The molecule has 17 heavy (non-hydrogen) atoms. The second-order valence-electron chi connectivity index (χ2n) is 3.82. The van der Waals surface area contributed by atoms with Crippen LogP contribution in [0.2, 0.25) is 0 Å². The maximum atomic E-state index is 5.59. The number of methoxy groups -OCH3 is 1. The third-order valence-corrected chi connectivity index (χ3v) is 2.64. The number of benzene rings is 1. The summed E-state index contributed by atoms with van der Waals surface area (Å²) in [4.78, 5) is 0. The quantitative estimate of drug-likeness (QED) is 0.626. The fraction of sp³-hybridized carbons (Fsp3) is 0.231. The first-order valence-electron chi connectivity index (χ1n) is 5.41. The van der Waals surface area contributed by atoms with Crippen LogP contribution in [0.4, 0.5) is 0 Å². The predicted molar refractivity (Wildman–Crippen MR) is 65.6 cm³/mol. The minimum Gasteiger partial charge on any atom is -0.497 e. The van der Waals surface area contributed by atoms with E-state index in [-0.39, 0.29) is 6.04 Å². The molecule has 1 aromatic carbocycles. The van der Waals surface area contributed by atoms with Crippen molar-refractivity contribution >= 4 is 0 Å². The zero-order valence-electron chi connectivity index (χ0n) is 9.94. The first-order valence-corrected chi connectivity index (χ1v) is 5.41. The Kier molecular flexibility index (Phi) is 3.46. The van der Waals surface area contributed by atoms with Crippen molar-refractivity contribution in [1.82, 2.24) is 5.43 Å². The maximum absolute atomic E-state index is 5.59. The van der Waals surface area contributed by atoms with Crippen LogP contribution >= 0.6 is 0 Å². The molecule has 0 saturated carbocycles. The minimum absolute atomic E-state index is 0.168. The molecule has 1 aromatic heterocycles. The molecule has 0 aliphatic heterocycles. The molecule has 90 valence electrons. The zero-order valence-corrected chi connectivity index (χ0v) is 9.94. The van der Waals surface area contributed by atoms with E-state index in [2.05, 4.69) is 5.43 Å². The lowest BCUT2D eigenvalue weighted by Crippen LogP contribution is -2.28. The van der Waals surface area contributed by atoms with E-state index >= 15 is 0 Å². The fourth-order valence-electron chi connectivity index (χ4n) is 1.77. The fourth-order valence-corrected chi connectivity index (χ4v) is 1.77. The van der Waals surface area contributed by atoms with E-state index in [0.29, 0.717) is 0 Å². The summed E-state index contributed by atoms with van der Waals surface area (Å²) in [5, 5.41) is 0. The summed E-state index contributed by atoms with van der Waals surface area (Å²) in [6.45, 7) is 1.91. The molecule has 0 radical (unpaired) electrons. The summed E-state index contributed by atoms with van der Waals surface area (Å²) < 4.78 is 10.8. The molecule has 1 unspecified atom stereocenters. The van der Waals surface area contributed by atoms with Gasteiger partial charge < -0.3 is 9.15 Å². The van der Waals surface area contributed by atoms with Gasteiger partial charge in [-0.25, -0.2) is 5.43 Å². The van der Waals surface area contributed by atoms with Gasteiger partial charge in [0.05, 0.1) is 7.11 Å². The summed E-state index contributed by atoms with van der Waals surface area (Å²) in [5.41, 5.74) is 3.75. The van der Waals surface area contributed by atoms with Gasteiger partial charge in [-0.3, -0.25) is 5.84 Å². The molecule has 0 spiro atoms. The Morgan fingerprint density at radius 3 is 2.71 bits per heavy atom. The summed E-state index contributed by atoms with van der Waals surface area (Å²) >= 11 is 0. The predicted octanol–water partition coefficient (Wildman–Crippen LogP) is 2.15. The van der Waals surface area contributed by atoms with Crippen molar-refractivity contribution in [2.75, 3.05) is 7.11 Å². The van der Waals surface area contributed by atoms with E-state index < -0.39 is 0 Å². The van der Waals surface area contributed by atoms with Gasteiger partial charge in [-0.15, -0.1) is 0 Å². The Bertz CT molecular complexity index is 494. The van der Waals surface area contributed by atoms with Gasteiger partial charge in [0.15, 0.2) is 0 Å². The van der Waals surface area contributed by atoms with Gasteiger partial charge in [0.1, 0.15) is 23.3 Å². The highest BCUT2D eigenvalue weighted by Gasteiger charge is 2.16. The van der Waals surface area contributed by atoms with Crippen molar-refractivity contribution in [2.45, 2.75) is 13.0 Å². The first kappa shape index (κ1) is 11.7. The van der Waals surface area contributed by atoms with Crippen molar-refractivity contribution < 1.29 is 9.15 Å². The lowest BCUT2D eigenvalue weighted by Gasteiger charge is -2.14. The van der Waals surface area contributed by atoms with E-state index in [4.69, 9.17) is 15.0 Å². The average molecular weight is 232 g/mol. The lowest BCUT2D eigenvalue weighted by atomic mass is 10.1. The normalized spacial score (nSPS) is 12.4. The molecule has 1 heterocycles. The Labute approximate surface area is 100 Å². The van der Waals surface area contributed by atoms with Crippen LogP contribution in [0, 0.1) is 6.92 Å². The van der Waals surface area contributed by atoms with Gasteiger partial charge in [0.2, 0.25) is 0 Å². The second-order valence-corrected chi connectivity index (χ2v) is 3.82. The van der Waals surface area contributed by atoms with Gasteiger partial charge >= 0.3 is 0 Å². The highest BCUT2D eigenvalue weighted by Crippen LogP contribution is 2.25. The molecule has 0 fully saturated rings. The van der Waals surface area contributed by atoms with Crippen LogP contribution in [-0.4, -0.2) is 7.11 Å². The van der Waals surface area contributed by atoms with E-state index in [1.165, 1.54) is 0 Å². The van der Waals surface area contributed by atoms with Gasteiger partial charge in [0, 0.05) is 0 Å². The molecule has 0 amide bonds. The summed E-state index contributed by atoms with van der Waals surface area (Å²) in [6, 6.07) is 11.4. The van der Waals surface area contributed by atoms with Crippen LogP contribution in [0.3, 0.4) is 0 Å². The average Bonchev–Trinajstić information content (AvgIpc) is 2.77. The Morgan fingerprint density at radius 1 is 1.29 bits per heavy atom. The topological polar surface area (TPSA) is 60.4 Å². The standard InChI is InChI=1S/C13H16N2O2/c1-9-6-7-12(17-9)13(15-14)10-4-3-5-11(8-10)16-2/h3-8,13,15H,14H2,1-2H3. The molecule has 0 aliphatic carbocycles. The van der Waals surface area contributed by atoms with Crippen molar-refractivity contribution in [3.63, 3.8) is 0 Å². The number of hydrogen-bond acceptors (Lipinski definition) is 4. The third-order valence-electron chi connectivity index (χ3n) is 2.64. The van der Waals surface area contributed by atoms with E-state index in [1.807, 2.05) is 43.3 Å². The lowest BCUT2D eigenvalue weighted by molar-refractivity contribution is 0.410. The SMILES string of the molecule is COc1cccc(C(NN)c2ccc(C)o2)c1. The molecule has 2 rings (SSSR count). The zero-order chi connectivity index (χ0) is 12.3. The summed E-state index contributed by atoms with van der Waals surface area (Å²) in [6.07, 6.45) is 0. The number of nitrogens with two attached hydrogens (primary N) is 1. The van der Waals surface area contributed by atoms with Crippen LogP contribution in [0.25, 0.3) is 0 Å². The van der Waals surface area contributed by atoms with Gasteiger partial charge in [-0.1, -0.05) is 12.1 Å².